The average Bonchev–Trinajstić information content (AvgIpc) is 4.20. The molecule has 2 aliphatic rings. The van der Waals surface area contributed by atoms with Gasteiger partial charge in [0.05, 0.1) is 31.0 Å². The molecule has 0 radical (unpaired) electrons. The largest absolute Gasteiger partial charge is 0.487 e. The van der Waals surface area contributed by atoms with Crippen molar-refractivity contribution in [2.45, 2.75) is 118 Å². The molecule has 2 N–H and O–H groups in total. The fraction of sp³-hybridized carbons (Fsp3) is 0.333. The maximum Gasteiger partial charge on any atom is 0.412 e. The van der Waals surface area contributed by atoms with E-state index >= 15 is 0 Å². The summed E-state index contributed by atoms with van der Waals surface area (Å²) in [5.41, 5.74) is 15.3. The predicted octanol–water partition coefficient (Wildman–Crippen LogP) is 13.8. The highest BCUT2D eigenvalue weighted by atomic mass is 18.2. The monoisotopic (exact) mass is 1080 g/mol. The van der Waals surface area contributed by atoms with Crippen LogP contribution in [0.2, 0.25) is 0 Å². The Hall–Kier alpha value is -8.73. The zero-order valence-electron chi connectivity index (χ0n) is 47.5. The van der Waals surface area contributed by atoms with Crippen LogP contribution >= 0.6 is 0 Å². The number of alkyl halides is 1. The summed E-state index contributed by atoms with van der Waals surface area (Å²) < 4.78 is 38.7. The third kappa shape index (κ3) is 13.4. The van der Waals surface area contributed by atoms with Crippen LogP contribution < -0.4 is 29.9 Å². The Morgan fingerprint density at radius 1 is 0.550 bits per heavy atom. The van der Waals surface area contributed by atoms with Gasteiger partial charge in [-0.25, -0.2) is 18.7 Å². The molecule has 2 amide bonds. The molecule has 8 aromatic rings. The van der Waals surface area contributed by atoms with Crippen LogP contribution in [-0.2, 0) is 35.8 Å². The lowest BCUT2D eigenvalue weighted by atomic mass is 9.84. The molecule has 2 atom stereocenters. The molecule has 10 rings (SSSR count). The minimum absolute atomic E-state index is 0.0119. The Balaban J connectivity index is 0.000000194. The van der Waals surface area contributed by atoms with E-state index in [1.54, 1.807) is 6.20 Å². The molecule has 16 nitrogen and oxygen atoms in total. The van der Waals surface area contributed by atoms with Gasteiger partial charge in [0, 0.05) is 54.5 Å². The number of halogens is 1. The number of benzene rings is 6. The molecule has 2 aromatic heterocycles. The van der Waals surface area contributed by atoms with Crippen molar-refractivity contribution in [2.75, 3.05) is 41.2 Å². The highest BCUT2D eigenvalue weighted by Gasteiger charge is 2.33. The van der Waals surface area contributed by atoms with Gasteiger partial charge in [-0.15, -0.1) is 10.2 Å². The SMILES string of the molecule is CCCn1cc(COc2ccc(C3c4cc(C)ccc4-c4ccc(NC(=O)OC(C)(C)C)cc4N3C)cc2)nn1.Cc1ccc2c(c1)C(c1ccc(OCc3cn(CC[18F])nn3)cc1)N(C)c1cc(NC(=O)OC(C)(C)C)ccc1-2. The molecule has 0 aliphatic carbocycles. The summed E-state index contributed by atoms with van der Waals surface area (Å²) >= 11 is 0. The van der Waals surface area contributed by atoms with Crippen LogP contribution in [0.1, 0.15) is 112 Å². The molecule has 17 heteroatoms. The van der Waals surface area contributed by atoms with Crippen molar-refractivity contribution in [3.05, 3.63) is 178 Å². The van der Waals surface area contributed by atoms with Crippen LogP contribution in [-0.4, -0.2) is 74.1 Å². The topological polar surface area (TPSA) is 163 Å². The second kappa shape index (κ2) is 23.7. The van der Waals surface area contributed by atoms with Crippen LogP contribution in [0, 0.1) is 13.8 Å². The number of nitrogens with zero attached hydrogens (tertiary/aromatic N) is 8. The molecule has 0 saturated carbocycles. The van der Waals surface area contributed by atoms with Gasteiger partial charge in [0.1, 0.15) is 54.0 Å². The van der Waals surface area contributed by atoms with E-state index in [0.29, 0.717) is 29.4 Å². The zero-order valence-corrected chi connectivity index (χ0v) is 47.5. The molecule has 2 aliphatic heterocycles. The van der Waals surface area contributed by atoms with Gasteiger partial charge >= 0.3 is 12.2 Å². The number of nitrogens with one attached hydrogen (secondary N) is 2. The summed E-state index contributed by atoms with van der Waals surface area (Å²) in [7, 11) is 4.16. The second-order valence-corrected chi connectivity index (χ2v) is 22.3. The summed E-state index contributed by atoms with van der Waals surface area (Å²) in [6.45, 7) is 18.6. The Kier molecular flexibility index (Phi) is 16.6. The summed E-state index contributed by atoms with van der Waals surface area (Å²) in [6.07, 6.45) is 3.67. The number of ether oxygens (including phenoxy) is 4. The number of aromatic nitrogens is 6. The lowest BCUT2D eigenvalue weighted by Crippen LogP contribution is -2.30. The van der Waals surface area contributed by atoms with E-state index in [0.717, 1.165) is 63.6 Å². The van der Waals surface area contributed by atoms with Crippen LogP contribution in [0.4, 0.5) is 36.7 Å². The number of aryl methyl sites for hydroxylation is 4. The van der Waals surface area contributed by atoms with Gasteiger partial charge in [-0.05, 0) is 144 Å². The minimum atomic E-state index is -0.583. The van der Waals surface area contributed by atoms with E-state index in [1.165, 1.54) is 32.5 Å². The Labute approximate surface area is 467 Å². The van der Waals surface area contributed by atoms with Gasteiger partial charge in [0.2, 0.25) is 0 Å². The molecule has 416 valence electrons. The van der Waals surface area contributed by atoms with Gasteiger partial charge in [0.15, 0.2) is 0 Å². The van der Waals surface area contributed by atoms with Crippen molar-refractivity contribution in [1.29, 1.82) is 0 Å². The van der Waals surface area contributed by atoms with Crippen molar-refractivity contribution in [3.8, 4) is 33.8 Å². The number of carbonyl (C=O) groups is 2. The summed E-state index contributed by atoms with van der Waals surface area (Å²) in [6, 6.07) is 41.3. The van der Waals surface area contributed by atoms with E-state index < -0.39 is 30.1 Å². The lowest BCUT2D eigenvalue weighted by Gasteiger charge is -2.38. The molecular formula is C63H71FN10O6. The number of hydrogen-bond donors (Lipinski definition) is 2. The highest BCUT2D eigenvalue weighted by molar-refractivity contribution is 5.93. The third-order valence-corrected chi connectivity index (χ3v) is 13.5. The van der Waals surface area contributed by atoms with Gasteiger partial charge in [-0.3, -0.25) is 15.3 Å². The molecule has 0 bridgehead atoms. The average molecular weight is 1080 g/mol. The smallest absolute Gasteiger partial charge is 0.412 e. The van der Waals surface area contributed by atoms with Crippen LogP contribution in [0.3, 0.4) is 0 Å². The Morgan fingerprint density at radius 3 is 1.34 bits per heavy atom. The molecule has 0 fully saturated rings. The van der Waals surface area contributed by atoms with Gasteiger partial charge in [0.25, 0.3) is 0 Å². The summed E-state index contributed by atoms with van der Waals surface area (Å²) in [4.78, 5) is 29.4. The van der Waals surface area contributed by atoms with Crippen molar-refractivity contribution < 1.29 is 32.9 Å². The first-order valence-corrected chi connectivity index (χ1v) is 27.0. The number of rotatable bonds is 14. The second-order valence-electron chi connectivity index (χ2n) is 22.3. The van der Waals surface area contributed by atoms with Crippen molar-refractivity contribution in [1.82, 2.24) is 30.0 Å². The van der Waals surface area contributed by atoms with Crippen molar-refractivity contribution in [2.24, 2.45) is 0 Å². The summed E-state index contributed by atoms with van der Waals surface area (Å²) in [5.74, 6) is 1.48. The standard InChI is InChI=1S/C32H37N5O3.C31H34FN5O3/c1-7-16-37-19-24(34-35-37)20-39-25-12-9-22(10-13-25)30-28-17-21(2)8-14-26(28)27-15-11-23(18-29(27)36(30)6)33-31(38)40-32(3,4)5;1-20-6-12-25-26-13-9-22(33-30(38)40-31(2,3)4)17-28(26)36(5)29(27(25)16-20)21-7-10-24(11-8-21)39-19-23-18-37(15-14-32)35-34-23/h8-15,17-19,30H,7,16,20H2,1-6H3,(H,33,38);6-13,16-18,29H,14-15,19H2,1-5H3,(H,33,38)/i;32-1. The fourth-order valence-electron chi connectivity index (χ4n) is 10.1. The first-order chi connectivity index (χ1) is 38.2. The quantitative estimate of drug-likeness (QED) is 0.106. The number of anilines is 4. The molecule has 0 spiro atoms. The summed E-state index contributed by atoms with van der Waals surface area (Å²) in [5, 5.41) is 22.0. The zero-order chi connectivity index (χ0) is 56.9. The van der Waals surface area contributed by atoms with E-state index in [2.05, 4.69) is 143 Å². The Bertz CT molecular complexity index is 3240. The van der Waals surface area contributed by atoms with E-state index in [9.17, 15) is 14.0 Å². The normalized spacial score (nSPS) is 14.3. The number of carbonyl (C=O) groups excluding carboxylic acids is 2. The third-order valence-electron chi connectivity index (χ3n) is 13.5. The van der Waals surface area contributed by atoms with Gasteiger partial charge in [-0.1, -0.05) is 101 Å². The maximum atomic E-state index is 12.5. The molecule has 4 heterocycles. The first-order valence-electron chi connectivity index (χ1n) is 27.0. The Morgan fingerprint density at radius 2 is 0.950 bits per heavy atom. The molecule has 2 unspecified atom stereocenters. The van der Waals surface area contributed by atoms with Crippen LogP contribution in [0.5, 0.6) is 11.5 Å². The molecule has 80 heavy (non-hydrogen) atoms. The van der Waals surface area contributed by atoms with E-state index in [4.69, 9.17) is 18.9 Å². The minimum Gasteiger partial charge on any atom is -0.487 e. The van der Waals surface area contributed by atoms with Crippen molar-refractivity contribution >= 4 is 34.9 Å². The molecule has 6 aromatic carbocycles. The molecule has 0 saturated heterocycles. The lowest BCUT2D eigenvalue weighted by molar-refractivity contribution is 0.0624. The fourth-order valence-corrected chi connectivity index (χ4v) is 10.1. The van der Waals surface area contributed by atoms with Crippen molar-refractivity contribution in [3.63, 3.8) is 0 Å². The van der Waals surface area contributed by atoms with Crippen LogP contribution in [0.15, 0.2) is 134 Å². The van der Waals surface area contributed by atoms with Gasteiger partial charge < -0.3 is 28.7 Å². The maximum absolute atomic E-state index is 12.5. The highest BCUT2D eigenvalue weighted by Crippen LogP contribution is 2.49. The predicted molar refractivity (Wildman–Crippen MR) is 311 cm³/mol. The van der Waals surface area contributed by atoms with E-state index in [-0.39, 0.29) is 25.2 Å². The number of hydrogen-bond acceptors (Lipinski definition) is 12. The first kappa shape index (κ1) is 56.0. The number of fused-ring (bicyclic) bond motifs is 6. The number of amides is 2. The molecular weight excluding hydrogens is 1010 g/mol. The van der Waals surface area contributed by atoms with Gasteiger partial charge in [-0.2, -0.15) is 0 Å². The van der Waals surface area contributed by atoms with E-state index in [1.807, 2.05) is 107 Å². The van der Waals surface area contributed by atoms with Crippen LogP contribution in [0.25, 0.3) is 22.3 Å².